The van der Waals surface area contributed by atoms with Crippen LogP contribution < -0.4 is 0 Å². The number of benzene rings is 5. The molecule has 34 heavy (non-hydrogen) atoms. The van der Waals surface area contributed by atoms with Crippen LogP contribution in [0.5, 0.6) is 0 Å². The van der Waals surface area contributed by atoms with E-state index in [1.54, 1.807) is 0 Å². The van der Waals surface area contributed by atoms with Crippen LogP contribution in [0.4, 0.5) is 0 Å². The van der Waals surface area contributed by atoms with Gasteiger partial charge in [0.05, 0.1) is 5.52 Å². The number of fused-ring (bicyclic) bond motifs is 1. The molecule has 0 radical (unpaired) electrons. The Bertz CT molecular complexity index is 1550. The van der Waals surface area contributed by atoms with Gasteiger partial charge in [0.25, 0.3) is 0 Å². The van der Waals surface area contributed by atoms with Gasteiger partial charge in [0.2, 0.25) is 0 Å². The molecule has 6 aromatic rings. The normalized spacial score (nSPS) is 10.9. The minimum absolute atomic E-state index is 1.03. The van der Waals surface area contributed by atoms with Crippen LogP contribution in [0.1, 0.15) is 0 Å². The van der Waals surface area contributed by atoms with Crippen molar-refractivity contribution in [3.63, 3.8) is 0 Å². The molecule has 0 fully saturated rings. The molecule has 0 N–H and O–H groups in total. The molecular weight excluding hydrogens is 410 g/mol. The van der Waals surface area contributed by atoms with E-state index >= 15 is 0 Å². The second kappa shape index (κ2) is 8.80. The molecule has 160 valence electrons. The van der Waals surface area contributed by atoms with E-state index in [1.807, 2.05) is 24.4 Å². The zero-order chi connectivity index (χ0) is 22.7. The maximum atomic E-state index is 4.60. The fourth-order valence-corrected chi connectivity index (χ4v) is 4.42. The standard InChI is InChI=1S/C33H23N/c1-2-6-24(7-3-1)25-10-12-26(13-11-25)27-14-16-28(17-15-27)29-18-20-30(21-19-29)32-22-31-8-4-5-9-33(31)34-23-32/h1-23H. The van der Waals surface area contributed by atoms with Crippen LogP contribution in [0, 0.1) is 0 Å². The molecule has 0 unspecified atom stereocenters. The van der Waals surface area contributed by atoms with Crippen LogP contribution >= 0.6 is 0 Å². The minimum atomic E-state index is 1.03. The third-order valence-corrected chi connectivity index (χ3v) is 6.35. The average molecular weight is 434 g/mol. The van der Waals surface area contributed by atoms with E-state index in [0.717, 1.165) is 16.5 Å². The first-order valence-corrected chi connectivity index (χ1v) is 11.5. The summed E-state index contributed by atoms with van der Waals surface area (Å²) in [5.41, 5.74) is 10.7. The fourth-order valence-electron chi connectivity index (χ4n) is 4.42. The first-order valence-electron chi connectivity index (χ1n) is 11.5. The highest BCUT2D eigenvalue weighted by Gasteiger charge is 2.04. The molecule has 0 amide bonds. The first-order chi connectivity index (χ1) is 16.8. The predicted octanol–water partition coefficient (Wildman–Crippen LogP) is 8.90. The summed E-state index contributed by atoms with van der Waals surface area (Å²) in [5, 5.41) is 1.16. The van der Waals surface area contributed by atoms with Crippen LogP contribution in [0.2, 0.25) is 0 Å². The van der Waals surface area contributed by atoms with Crippen molar-refractivity contribution in [3.05, 3.63) is 140 Å². The van der Waals surface area contributed by atoms with Gasteiger partial charge in [0.15, 0.2) is 0 Å². The number of nitrogens with zero attached hydrogens (tertiary/aromatic N) is 1. The zero-order valence-electron chi connectivity index (χ0n) is 18.7. The molecule has 1 heterocycles. The Balaban J connectivity index is 1.22. The first kappa shape index (κ1) is 20.1. The van der Waals surface area contributed by atoms with Gasteiger partial charge >= 0.3 is 0 Å². The van der Waals surface area contributed by atoms with Crippen molar-refractivity contribution >= 4 is 10.9 Å². The Hall–Kier alpha value is -4.49. The molecule has 6 rings (SSSR count). The summed E-state index contributed by atoms with van der Waals surface area (Å²) in [4.78, 5) is 4.60. The van der Waals surface area contributed by atoms with Crippen molar-refractivity contribution in [2.45, 2.75) is 0 Å². The molecule has 1 nitrogen and oxygen atoms in total. The van der Waals surface area contributed by atoms with E-state index in [4.69, 9.17) is 0 Å². The molecular formula is C33H23N. The predicted molar refractivity (Wildman–Crippen MR) is 143 cm³/mol. The maximum Gasteiger partial charge on any atom is 0.0702 e. The van der Waals surface area contributed by atoms with Gasteiger partial charge in [-0.05, 0) is 51.1 Å². The lowest BCUT2D eigenvalue weighted by Gasteiger charge is -2.08. The number of hydrogen-bond donors (Lipinski definition) is 0. The zero-order valence-corrected chi connectivity index (χ0v) is 18.7. The average Bonchev–Trinajstić information content (AvgIpc) is 2.94. The van der Waals surface area contributed by atoms with Crippen LogP contribution in [0.25, 0.3) is 55.4 Å². The van der Waals surface area contributed by atoms with Gasteiger partial charge in [-0.2, -0.15) is 0 Å². The highest BCUT2D eigenvalue weighted by molar-refractivity contribution is 5.84. The summed E-state index contributed by atoms with van der Waals surface area (Å²) in [6.45, 7) is 0. The molecule has 0 aliphatic heterocycles. The summed E-state index contributed by atoms with van der Waals surface area (Å²) in [5.74, 6) is 0. The quantitative estimate of drug-likeness (QED) is 0.270. The van der Waals surface area contributed by atoms with Gasteiger partial charge in [-0.15, -0.1) is 0 Å². The smallest absolute Gasteiger partial charge is 0.0702 e. The van der Waals surface area contributed by atoms with Crippen LogP contribution in [0.15, 0.2) is 140 Å². The lowest BCUT2D eigenvalue weighted by atomic mass is 9.97. The number of hydrogen-bond acceptors (Lipinski definition) is 1. The lowest BCUT2D eigenvalue weighted by Crippen LogP contribution is -1.84. The van der Waals surface area contributed by atoms with Crippen molar-refractivity contribution in [1.29, 1.82) is 0 Å². The number of para-hydroxylation sites is 1. The van der Waals surface area contributed by atoms with Crippen molar-refractivity contribution < 1.29 is 0 Å². The molecule has 5 aromatic carbocycles. The van der Waals surface area contributed by atoms with Gasteiger partial charge in [-0.3, -0.25) is 4.98 Å². The van der Waals surface area contributed by atoms with Crippen molar-refractivity contribution in [2.75, 3.05) is 0 Å². The molecule has 0 atom stereocenters. The van der Waals surface area contributed by atoms with Crippen LogP contribution in [-0.2, 0) is 0 Å². The molecule has 1 aromatic heterocycles. The topological polar surface area (TPSA) is 12.9 Å². The highest BCUT2D eigenvalue weighted by Crippen LogP contribution is 2.29. The highest BCUT2D eigenvalue weighted by atomic mass is 14.6. The van der Waals surface area contributed by atoms with Crippen LogP contribution in [-0.4, -0.2) is 4.98 Å². The van der Waals surface area contributed by atoms with E-state index in [2.05, 4.69) is 120 Å². The summed E-state index contributed by atoms with van der Waals surface area (Å²) >= 11 is 0. The third-order valence-electron chi connectivity index (χ3n) is 6.35. The SMILES string of the molecule is c1ccc(-c2ccc(-c3ccc(-c4ccc(-c5cnc6ccccc6c5)cc4)cc3)cc2)cc1. The van der Waals surface area contributed by atoms with Crippen LogP contribution in [0.3, 0.4) is 0 Å². The van der Waals surface area contributed by atoms with Gasteiger partial charge in [0.1, 0.15) is 0 Å². The molecule has 0 saturated heterocycles. The second-order valence-electron chi connectivity index (χ2n) is 8.51. The van der Waals surface area contributed by atoms with Crippen molar-refractivity contribution in [1.82, 2.24) is 4.98 Å². The van der Waals surface area contributed by atoms with E-state index in [-0.39, 0.29) is 0 Å². The third kappa shape index (κ3) is 4.00. The van der Waals surface area contributed by atoms with E-state index < -0.39 is 0 Å². The van der Waals surface area contributed by atoms with Gasteiger partial charge < -0.3 is 0 Å². The van der Waals surface area contributed by atoms with E-state index in [0.29, 0.717) is 0 Å². The summed E-state index contributed by atoms with van der Waals surface area (Å²) in [6, 6.07) is 47.2. The number of aromatic nitrogens is 1. The molecule has 0 spiro atoms. The summed E-state index contributed by atoms with van der Waals surface area (Å²) in [6.07, 6.45) is 1.95. The second-order valence-corrected chi connectivity index (χ2v) is 8.51. The maximum absolute atomic E-state index is 4.60. The van der Waals surface area contributed by atoms with Crippen molar-refractivity contribution in [2.24, 2.45) is 0 Å². The molecule has 0 bridgehead atoms. The Kier molecular flexibility index (Phi) is 5.21. The fraction of sp³-hybridized carbons (Fsp3) is 0. The number of rotatable bonds is 4. The monoisotopic (exact) mass is 433 g/mol. The minimum Gasteiger partial charge on any atom is -0.256 e. The largest absolute Gasteiger partial charge is 0.256 e. The molecule has 0 aliphatic carbocycles. The van der Waals surface area contributed by atoms with E-state index in [1.165, 1.54) is 38.9 Å². The van der Waals surface area contributed by atoms with Gasteiger partial charge in [-0.25, -0.2) is 0 Å². The Morgan fingerprint density at radius 2 is 0.706 bits per heavy atom. The van der Waals surface area contributed by atoms with Gasteiger partial charge in [-0.1, -0.05) is 121 Å². The Labute approximate surface area is 200 Å². The number of pyridine rings is 1. The summed E-state index contributed by atoms with van der Waals surface area (Å²) in [7, 11) is 0. The Morgan fingerprint density at radius 3 is 1.21 bits per heavy atom. The Morgan fingerprint density at radius 1 is 0.324 bits per heavy atom. The molecule has 1 heteroatoms. The molecule has 0 aliphatic rings. The molecule has 0 saturated carbocycles. The van der Waals surface area contributed by atoms with E-state index in [9.17, 15) is 0 Å². The summed E-state index contributed by atoms with van der Waals surface area (Å²) < 4.78 is 0. The van der Waals surface area contributed by atoms with Crippen molar-refractivity contribution in [3.8, 4) is 44.5 Å². The lowest BCUT2D eigenvalue weighted by molar-refractivity contribution is 1.41. The van der Waals surface area contributed by atoms with Gasteiger partial charge in [0, 0.05) is 17.1 Å².